The predicted molar refractivity (Wildman–Crippen MR) is 97.5 cm³/mol. The second-order valence-corrected chi connectivity index (χ2v) is 6.35. The van der Waals surface area contributed by atoms with Crippen molar-refractivity contribution in [3.63, 3.8) is 0 Å². The lowest BCUT2D eigenvalue weighted by atomic mass is 10.1. The van der Waals surface area contributed by atoms with Crippen LogP contribution in [0, 0.1) is 0 Å². The summed E-state index contributed by atoms with van der Waals surface area (Å²) in [6, 6.07) is 12.0. The molecule has 0 radical (unpaired) electrons. The molecule has 0 aromatic heterocycles. The van der Waals surface area contributed by atoms with Crippen LogP contribution < -0.4 is 20.1 Å². The molecule has 7 heteroatoms. The maximum Gasteiger partial charge on any atom is 0.251 e. The fraction of sp³-hybridized carbons (Fsp3) is 0.263. The van der Waals surface area contributed by atoms with Gasteiger partial charge in [0.05, 0.1) is 6.04 Å². The summed E-state index contributed by atoms with van der Waals surface area (Å²) < 4.78 is 10.6. The highest BCUT2D eigenvalue weighted by atomic mass is 35.5. The molecule has 136 valence electrons. The molecule has 0 saturated carbocycles. The van der Waals surface area contributed by atoms with Crippen molar-refractivity contribution in [2.75, 3.05) is 13.3 Å². The normalized spacial score (nSPS) is 13.2. The molecular weight excluding hydrogens is 356 g/mol. The van der Waals surface area contributed by atoms with Gasteiger partial charge in [-0.3, -0.25) is 9.59 Å². The molecule has 2 N–H and O–H groups in total. The smallest absolute Gasteiger partial charge is 0.251 e. The van der Waals surface area contributed by atoms with E-state index >= 15 is 0 Å². The number of hydrogen-bond donors (Lipinski definition) is 2. The van der Waals surface area contributed by atoms with Gasteiger partial charge in [-0.25, -0.2) is 0 Å². The van der Waals surface area contributed by atoms with Crippen LogP contribution in [0.1, 0.15) is 35.3 Å². The van der Waals surface area contributed by atoms with Gasteiger partial charge >= 0.3 is 0 Å². The number of rotatable bonds is 6. The number of carbonyl (C=O) groups excluding carboxylic acids is 2. The fourth-order valence-corrected chi connectivity index (χ4v) is 2.70. The number of nitrogens with one attached hydrogen (secondary N) is 2. The SMILES string of the molecule is C[C@@H](NC(=O)CCNC(=O)c1ccc(Cl)cc1)c1ccc2c(c1)OCO2. The lowest BCUT2D eigenvalue weighted by molar-refractivity contribution is -0.121. The van der Waals surface area contributed by atoms with E-state index in [0.717, 1.165) is 5.56 Å². The second kappa shape index (κ2) is 8.10. The standard InChI is InChI=1S/C19H19ClN2O4/c1-12(14-4-7-16-17(10-14)26-11-25-16)22-18(23)8-9-21-19(24)13-2-5-15(20)6-3-13/h2-7,10,12H,8-9,11H2,1H3,(H,21,24)(H,22,23)/t12-/m1/s1. The third kappa shape index (κ3) is 4.46. The highest BCUT2D eigenvalue weighted by molar-refractivity contribution is 6.30. The Hall–Kier alpha value is -2.73. The molecule has 1 aliphatic heterocycles. The van der Waals surface area contributed by atoms with E-state index in [2.05, 4.69) is 10.6 Å². The Morgan fingerprint density at radius 1 is 1.12 bits per heavy atom. The summed E-state index contributed by atoms with van der Waals surface area (Å²) in [5.74, 6) is 1.00. The highest BCUT2D eigenvalue weighted by Crippen LogP contribution is 2.34. The van der Waals surface area contributed by atoms with E-state index in [9.17, 15) is 9.59 Å². The van der Waals surface area contributed by atoms with E-state index in [1.807, 2.05) is 25.1 Å². The van der Waals surface area contributed by atoms with Crippen LogP contribution in [0.3, 0.4) is 0 Å². The van der Waals surface area contributed by atoms with Crippen LogP contribution in [-0.2, 0) is 4.79 Å². The van der Waals surface area contributed by atoms with Crippen LogP contribution in [0.15, 0.2) is 42.5 Å². The summed E-state index contributed by atoms with van der Waals surface area (Å²) in [5.41, 5.74) is 1.43. The zero-order chi connectivity index (χ0) is 18.5. The van der Waals surface area contributed by atoms with Gasteiger partial charge in [-0.05, 0) is 48.9 Å². The van der Waals surface area contributed by atoms with E-state index in [0.29, 0.717) is 22.1 Å². The zero-order valence-electron chi connectivity index (χ0n) is 14.3. The molecule has 2 aromatic carbocycles. The topological polar surface area (TPSA) is 76.7 Å². The maximum atomic E-state index is 12.1. The number of amides is 2. The van der Waals surface area contributed by atoms with Crippen LogP contribution in [-0.4, -0.2) is 25.2 Å². The average Bonchev–Trinajstić information content (AvgIpc) is 3.09. The molecule has 0 fully saturated rings. The number of fused-ring (bicyclic) bond motifs is 1. The Kier molecular flexibility index (Phi) is 5.63. The van der Waals surface area contributed by atoms with Crippen molar-refractivity contribution in [3.05, 3.63) is 58.6 Å². The largest absolute Gasteiger partial charge is 0.454 e. The van der Waals surface area contributed by atoms with Crippen molar-refractivity contribution in [3.8, 4) is 11.5 Å². The predicted octanol–water partition coefficient (Wildman–Crippen LogP) is 3.07. The van der Waals surface area contributed by atoms with E-state index in [1.54, 1.807) is 24.3 Å². The Morgan fingerprint density at radius 2 is 1.85 bits per heavy atom. The Morgan fingerprint density at radius 3 is 2.62 bits per heavy atom. The number of ether oxygens (including phenoxy) is 2. The zero-order valence-corrected chi connectivity index (χ0v) is 15.0. The molecule has 1 aliphatic rings. The van der Waals surface area contributed by atoms with Gasteiger partial charge in [0, 0.05) is 23.6 Å². The van der Waals surface area contributed by atoms with Gasteiger partial charge in [0.15, 0.2) is 11.5 Å². The third-order valence-electron chi connectivity index (χ3n) is 4.02. The average molecular weight is 375 g/mol. The van der Waals surface area contributed by atoms with Crippen molar-refractivity contribution < 1.29 is 19.1 Å². The number of halogens is 1. The molecule has 1 atom stereocenters. The van der Waals surface area contributed by atoms with Crippen molar-refractivity contribution in [1.29, 1.82) is 0 Å². The van der Waals surface area contributed by atoms with Crippen LogP contribution in [0.2, 0.25) is 5.02 Å². The fourth-order valence-electron chi connectivity index (χ4n) is 2.57. The molecule has 2 aromatic rings. The summed E-state index contributed by atoms with van der Waals surface area (Å²) in [6.45, 7) is 2.36. The molecule has 0 saturated heterocycles. The molecule has 0 unspecified atom stereocenters. The van der Waals surface area contributed by atoms with Gasteiger partial charge in [-0.1, -0.05) is 17.7 Å². The molecule has 26 heavy (non-hydrogen) atoms. The molecule has 2 amide bonds. The Bertz CT molecular complexity index is 808. The molecule has 1 heterocycles. The Labute approximate surface area is 156 Å². The summed E-state index contributed by atoms with van der Waals surface area (Å²) in [6.07, 6.45) is 0.189. The first-order valence-electron chi connectivity index (χ1n) is 8.25. The Balaban J connectivity index is 1.45. The highest BCUT2D eigenvalue weighted by Gasteiger charge is 2.17. The minimum Gasteiger partial charge on any atom is -0.454 e. The molecule has 6 nitrogen and oxygen atoms in total. The lowest BCUT2D eigenvalue weighted by Gasteiger charge is -2.15. The lowest BCUT2D eigenvalue weighted by Crippen LogP contribution is -2.32. The quantitative estimate of drug-likeness (QED) is 0.814. The molecule has 0 aliphatic carbocycles. The van der Waals surface area contributed by atoms with Gasteiger partial charge in [0.1, 0.15) is 0 Å². The summed E-state index contributed by atoms with van der Waals surface area (Å²) in [7, 11) is 0. The van der Waals surface area contributed by atoms with Gasteiger partial charge in [-0.2, -0.15) is 0 Å². The maximum absolute atomic E-state index is 12.1. The van der Waals surface area contributed by atoms with Crippen LogP contribution in [0.4, 0.5) is 0 Å². The molecule has 3 rings (SSSR count). The van der Waals surface area contributed by atoms with Crippen molar-refractivity contribution >= 4 is 23.4 Å². The minimum atomic E-state index is -0.238. The van der Waals surface area contributed by atoms with Crippen molar-refractivity contribution in [2.45, 2.75) is 19.4 Å². The summed E-state index contributed by atoms with van der Waals surface area (Å²) in [4.78, 5) is 24.1. The van der Waals surface area contributed by atoms with E-state index in [4.69, 9.17) is 21.1 Å². The monoisotopic (exact) mass is 374 g/mol. The van der Waals surface area contributed by atoms with Gasteiger partial charge in [0.25, 0.3) is 5.91 Å². The first-order valence-corrected chi connectivity index (χ1v) is 8.63. The minimum absolute atomic E-state index is 0.147. The molecular formula is C19H19ClN2O4. The summed E-state index contributed by atoms with van der Waals surface area (Å²) >= 11 is 5.79. The number of hydrogen-bond acceptors (Lipinski definition) is 4. The van der Waals surface area contributed by atoms with E-state index < -0.39 is 0 Å². The van der Waals surface area contributed by atoms with Crippen molar-refractivity contribution in [2.24, 2.45) is 0 Å². The second-order valence-electron chi connectivity index (χ2n) is 5.91. The van der Waals surface area contributed by atoms with Gasteiger partial charge in [0.2, 0.25) is 12.7 Å². The van der Waals surface area contributed by atoms with Gasteiger partial charge < -0.3 is 20.1 Å². The first kappa shape index (κ1) is 18.1. The van der Waals surface area contributed by atoms with E-state index in [-0.39, 0.29) is 37.6 Å². The van der Waals surface area contributed by atoms with Crippen LogP contribution in [0.25, 0.3) is 0 Å². The first-order chi connectivity index (χ1) is 12.5. The number of benzene rings is 2. The van der Waals surface area contributed by atoms with E-state index in [1.165, 1.54) is 0 Å². The third-order valence-corrected chi connectivity index (χ3v) is 4.27. The number of carbonyl (C=O) groups is 2. The molecule has 0 spiro atoms. The van der Waals surface area contributed by atoms with Crippen molar-refractivity contribution in [1.82, 2.24) is 10.6 Å². The summed E-state index contributed by atoms with van der Waals surface area (Å²) in [5, 5.41) is 6.19. The van der Waals surface area contributed by atoms with Crippen LogP contribution in [0.5, 0.6) is 11.5 Å². The van der Waals surface area contributed by atoms with Gasteiger partial charge in [-0.15, -0.1) is 0 Å². The van der Waals surface area contributed by atoms with Crippen LogP contribution >= 0.6 is 11.6 Å². The molecule has 0 bridgehead atoms.